The second kappa shape index (κ2) is 11.2. The van der Waals surface area contributed by atoms with Gasteiger partial charge in [-0.05, 0) is 24.7 Å². The monoisotopic (exact) mass is 224 g/mol. The Balaban J connectivity index is 3.33. The number of allylic oxidation sites excluding steroid dienone is 2. The fourth-order valence-electron chi connectivity index (χ4n) is 1.94. The summed E-state index contributed by atoms with van der Waals surface area (Å²) in [4.78, 5) is 0. The van der Waals surface area contributed by atoms with E-state index in [2.05, 4.69) is 39.8 Å². The predicted octanol–water partition coefficient (Wildman–Crippen LogP) is 5.98. The zero-order chi connectivity index (χ0) is 12.2. The largest absolute Gasteiger partial charge is 0.0883 e. The lowest BCUT2D eigenvalue weighted by atomic mass is 9.97. The smallest absolute Gasteiger partial charge is 0.0265 e. The molecule has 0 aromatic rings. The Morgan fingerprint density at radius 2 is 1.62 bits per heavy atom. The first kappa shape index (κ1) is 15.7. The molecule has 0 aromatic heterocycles. The van der Waals surface area contributed by atoms with E-state index in [1.807, 2.05) is 0 Å². The first-order chi connectivity index (χ1) is 7.70. The zero-order valence-electron chi connectivity index (χ0n) is 12.0. The first-order valence-corrected chi connectivity index (χ1v) is 7.37. The Labute approximate surface area is 104 Å². The summed E-state index contributed by atoms with van der Waals surface area (Å²) >= 11 is 0. The molecule has 0 rings (SSSR count). The molecule has 0 heterocycles. The van der Waals surface area contributed by atoms with Crippen molar-refractivity contribution in [3.05, 3.63) is 12.2 Å². The van der Waals surface area contributed by atoms with Crippen molar-refractivity contribution in [2.45, 2.75) is 79.1 Å². The summed E-state index contributed by atoms with van der Waals surface area (Å²) in [6.07, 6.45) is 15.7. The molecule has 2 unspecified atom stereocenters. The first-order valence-electron chi connectivity index (χ1n) is 7.37. The van der Waals surface area contributed by atoms with Gasteiger partial charge in [-0.1, -0.05) is 78.4 Å². The summed E-state index contributed by atoms with van der Waals surface area (Å²) in [5.74, 6) is 1.70. The van der Waals surface area contributed by atoms with E-state index >= 15 is 0 Å². The highest BCUT2D eigenvalue weighted by atomic mass is 14.1. The van der Waals surface area contributed by atoms with Crippen molar-refractivity contribution in [2.75, 3.05) is 0 Å². The van der Waals surface area contributed by atoms with E-state index in [0.717, 1.165) is 11.8 Å². The van der Waals surface area contributed by atoms with Crippen molar-refractivity contribution >= 4 is 0 Å². The second-order valence-corrected chi connectivity index (χ2v) is 5.35. The van der Waals surface area contributed by atoms with Gasteiger partial charge in [0.05, 0.1) is 0 Å². The highest BCUT2D eigenvalue weighted by molar-refractivity contribution is 4.85. The molecule has 0 saturated heterocycles. The van der Waals surface area contributed by atoms with E-state index in [0.29, 0.717) is 0 Å². The van der Waals surface area contributed by atoms with Gasteiger partial charge in [0, 0.05) is 0 Å². The molecular formula is C16H32. The number of hydrogen-bond donors (Lipinski definition) is 0. The Morgan fingerprint density at radius 1 is 0.938 bits per heavy atom. The minimum Gasteiger partial charge on any atom is -0.0883 e. The van der Waals surface area contributed by atoms with Crippen LogP contribution in [-0.4, -0.2) is 0 Å². The quantitative estimate of drug-likeness (QED) is 0.316. The van der Waals surface area contributed by atoms with Gasteiger partial charge in [-0.2, -0.15) is 0 Å². The van der Waals surface area contributed by atoms with E-state index in [4.69, 9.17) is 0 Å². The summed E-state index contributed by atoms with van der Waals surface area (Å²) in [5.41, 5.74) is 0. The molecule has 0 aromatic carbocycles. The Hall–Kier alpha value is -0.260. The number of unbranched alkanes of at least 4 members (excludes halogenated alkanes) is 3. The van der Waals surface area contributed by atoms with E-state index in [9.17, 15) is 0 Å². The highest BCUT2D eigenvalue weighted by Gasteiger charge is 2.00. The minimum atomic E-state index is 0.766. The van der Waals surface area contributed by atoms with Crippen LogP contribution in [0.4, 0.5) is 0 Å². The lowest BCUT2D eigenvalue weighted by molar-refractivity contribution is 0.452. The maximum atomic E-state index is 2.41. The fourth-order valence-corrected chi connectivity index (χ4v) is 1.94. The van der Waals surface area contributed by atoms with Crippen molar-refractivity contribution in [2.24, 2.45) is 11.8 Å². The highest BCUT2D eigenvalue weighted by Crippen LogP contribution is 2.16. The topological polar surface area (TPSA) is 0 Å². The average molecular weight is 224 g/mol. The number of hydrogen-bond acceptors (Lipinski definition) is 0. The second-order valence-electron chi connectivity index (χ2n) is 5.35. The fraction of sp³-hybridized carbons (Fsp3) is 0.875. The van der Waals surface area contributed by atoms with Crippen LogP contribution in [0.1, 0.15) is 79.1 Å². The predicted molar refractivity (Wildman–Crippen MR) is 75.8 cm³/mol. The van der Waals surface area contributed by atoms with Gasteiger partial charge in [0.15, 0.2) is 0 Å². The molecule has 0 aliphatic heterocycles. The third-order valence-corrected chi connectivity index (χ3v) is 3.48. The van der Waals surface area contributed by atoms with Gasteiger partial charge in [0.2, 0.25) is 0 Å². The lowest BCUT2D eigenvalue weighted by Gasteiger charge is -2.09. The SMILES string of the molecule is CCCCCC(C)CCCC=CC(C)CC. The Bertz CT molecular complexity index is 157. The molecule has 0 aliphatic rings. The van der Waals surface area contributed by atoms with Gasteiger partial charge in [0.25, 0.3) is 0 Å². The van der Waals surface area contributed by atoms with Crippen molar-refractivity contribution in [1.82, 2.24) is 0 Å². The van der Waals surface area contributed by atoms with Gasteiger partial charge in [-0.25, -0.2) is 0 Å². The molecule has 16 heavy (non-hydrogen) atoms. The molecule has 0 N–H and O–H groups in total. The van der Waals surface area contributed by atoms with Crippen molar-refractivity contribution < 1.29 is 0 Å². The van der Waals surface area contributed by atoms with Crippen LogP contribution in [0.5, 0.6) is 0 Å². The standard InChI is InChI=1S/C16H32/c1-5-7-9-13-16(4)14-11-8-10-12-15(3)6-2/h10,12,15-16H,5-9,11,13-14H2,1-4H3. The van der Waals surface area contributed by atoms with E-state index in [1.165, 1.54) is 51.4 Å². The van der Waals surface area contributed by atoms with Crippen LogP contribution in [-0.2, 0) is 0 Å². The third kappa shape index (κ3) is 10.3. The van der Waals surface area contributed by atoms with Gasteiger partial charge in [0.1, 0.15) is 0 Å². The maximum absolute atomic E-state index is 2.41. The Morgan fingerprint density at radius 3 is 2.25 bits per heavy atom. The zero-order valence-corrected chi connectivity index (χ0v) is 12.0. The molecule has 0 amide bonds. The summed E-state index contributed by atoms with van der Waals surface area (Å²) in [5, 5.41) is 0. The maximum Gasteiger partial charge on any atom is -0.0265 e. The van der Waals surface area contributed by atoms with E-state index < -0.39 is 0 Å². The summed E-state index contributed by atoms with van der Waals surface area (Å²) < 4.78 is 0. The van der Waals surface area contributed by atoms with E-state index in [-0.39, 0.29) is 0 Å². The molecule has 0 heteroatoms. The molecule has 0 bridgehead atoms. The molecule has 0 radical (unpaired) electrons. The van der Waals surface area contributed by atoms with Crippen LogP contribution >= 0.6 is 0 Å². The molecular weight excluding hydrogens is 192 g/mol. The molecule has 0 spiro atoms. The van der Waals surface area contributed by atoms with Crippen molar-refractivity contribution in [1.29, 1.82) is 0 Å². The Kier molecular flexibility index (Phi) is 11.0. The molecule has 0 saturated carbocycles. The van der Waals surface area contributed by atoms with Crippen LogP contribution in [0.2, 0.25) is 0 Å². The van der Waals surface area contributed by atoms with Crippen LogP contribution in [0.3, 0.4) is 0 Å². The minimum absolute atomic E-state index is 0.766. The summed E-state index contributed by atoms with van der Waals surface area (Å²) in [6, 6.07) is 0. The van der Waals surface area contributed by atoms with Gasteiger partial charge in [-0.3, -0.25) is 0 Å². The summed E-state index contributed by atoms with van der Waals surface area (Å²) in [6.45, 7) is 9.24. The van der Waals surface area contributed by atoms with Crippen molar-refractivity contribution in [3.8, 4) is 0 Å². The van der Waals surface area contributed by atoms with Gasteiger partial charge < -0.3 is 0 Å². The average Bonchev–Trinajstić information content (AvgIpc) is 2.28. The van der Waals surface area contributed by atoms with Crippen LogP contribution < -0.4 is 0 Å². The lowest BCUT2D eigenvalue weighted by Crippen LogP contribution is -1.94. The molecule has 0 fully saturated rings. The van der Waals surface area contributed by atoms with E-state index in [1.54, 1.807) is 0 Å². The van der Waals surface area contributed by atoms with Crippen LogP contribution in [0.15, 0.2) is 12.2 Å². The van der Waals surface area contributed by atoms with Gasteiger partial charge in [-0.15, -0.1) is 0 Å². The summed E-state index contributed by atoms with van der Waals surface area (Å²) in [7, 11) is 0. The van der Waals surface area contributed by atoms with Crippen LogP contribution in [0.25, 0.3) is 0 Å². The van der Waals surface area contributed by atoms with Crippen LogP contribution in [0, 0.1) is 11.8 Å². The molecule has 96 valence electrons. The molecule has 0 nitrogen and oxygen atoms in total. The molecule has 0 aliphatic carbocycles. The van der Waals surface area contributed by atoms with Crippen molar-refractivity contribution in [3.63, 3.8) is 0 Å². The third-order valence-electron chi connectivity index (χ3n) is 3.48. The number of rotatable bonds is 10. The molecule has 2 atom stereocenters. The van der Waals surface area contributed by atoms with Gasteiger partial charge >= 0.3 is 0 Å². The normalized spacial score (nSPS) is 15.5.